The van der Waals surface area contributed by atoms with Gasteiger partial charge in [-0.2, -0.15) is 0 Å². The number of methoxy groups -OCH3 is 1. The minimum Gasteiger partial charge on any atom is -0.496 e. The summed E-state index contributed by atoms with van der Waals surface area (Å²) < 4.78 is 19.8. The third kappa shape index (κ3) is 3.03. The molecule has 0 saturated heterocycles. The number of alkyl halides is 1. The second-order valence-corrected chi connectivity index (χ2v) is 5.96. The molecule has 0 amide bonds. The van der Waals surface area contributed by atoms with Crippen molar-refractivity contribution in [3.63, 3.8) is 0 Å². The minimum atomic E-state index is -0.263. The van der Waals surface area contributed by atoms with Gasteiger partial charge in [-0.15, -0.1) is 0 Å². The molecule has 2 rings (SSSR count). The van der Waals surface area contributed by atoms with Crippen LogP contribution < -0.4 is 4.74 Å². The topological polar surface area (TPSA) is 9.23 Å². The van der Waals surface area contributed by atoms with Gasteiger partial charge in [-0.3, -0.25) is 0 Å². The number of benzene rings is 2. The molecule has 0 aliphatic rings. The summed E-state index contributed by atoms with van der Waals surface area (Å²) in [5.74, 6) is 0.414. The Hall–Kier alpha value is -0.620. The lowest BCUT2D eigenvalue weighted by Gasteiger charge is -2.15. The van der Waals surface area contributed by atoms with E-state index < -0.39 is 0 Å². The zero-order chi connectivity index (χ0) is 13.1. The molecule has 0 aliphatic heterocycles. The van der Waals surface area contributed by atoms with E-state index in [2.05, 4.69) is 38.5 Å². The maximum Gasteiger partial charge on any atom is 0.123 e. The highest BCUT2D eigenvalue weighted by Crippen LogP contribution is 2.36. The number of hydrogen-bond acceptors (Lipinski definition) is 1. The van der Waals surface area contributed by atoms with E-state index in [9.17, 15) is 4.39 Å². The van der Waals surface area contributed by atoms with Gasteiger partial charge in [0, 0.05) is 9.13 Å². The standard InChI is InChI=1S/C14H11BrFIO/c1-18-13-7-4-10(16)8-12(13)14(15)9-2-5-11(17)6-3-9/h2-8,14H,1H3. The van der Waals surface area contributed by atoms with Crippen molar-refractivity contribution < 1.29 is 9.13 Å². The lowest BCUT2D eigenvalue weighted by molar-refractivity contribution is 0.409. The van der Waals surface area contributed by atoms with Crippen molar-refractivity contribution in [2.45, 2.75) is 4.83 Å². The molecule has 0 radical (unpaired) electrons. The number of rotatable bonds is 3. The second kappa shape index (κ2) is 6.02. The number of halogens is 3. The minimum absolute atomic E-state index is 0.0832. The van der Waals surface area contributed by atoms with Gasteiger partial charge in [-0.05, 0) is 58.5 Å². The van der Waals surface area contributed by atoms with Crippen LogP contribution >= 0.6 is 38.5 Å². The Morgan fingerprint density at radius 1 is 1.17 bits per heavy atom. The lowest BCUT2D eigenvalue weighted by Crippen LogP contribution is -1.98. The maximum absolute atomic E-state index is 13.3. The van der Waals surface area contributed by atoms with Crippen LogP contribution in [0.3, 0.4) is 0 Å². The third-order valence-corrected chi connectivity index (χ3v) is 4.37. The van der Waals surface area contributed by atoms with Gasteiger partial charge in [0.25, 0.3) is 0 Å². The predicted molar refractivity (Wildman–Crippen MR) is 82.9 cm³/mol. The highest BCUT2D eigenvalue weighted by atomic mass is 127. The van der Waals surface area contributed by atoms with Gasteiger partial charge in [-0.25, -0.2) is 4.39 Å². The van der Waals surface area contributed by atoms with Crippen LogP contribution in [-0.2, 0) is 0 Å². The third-order valence-electron chi connectivity index (χ3n) is 2.63. The fraction of sp³-hybridized carbons (Fsp3) is 0.143. The summed E-state index contributed by atoms with van der Waals surface area (Å²) in [5.41, 5.74) is 1.86. The van der Waals surface area contributed by atoms with E-state index in [0.29, 0.717) is 5.75 Å². The van der Waals surface area contributed by atoms with Crippen LogP contribution in [0.1, 0.15) is 16.0 Å². The van der Waals surface area contributed by atoms with Gasteiger partial charge in [-0.1, -0.05) is 28.1 Å². The average molecular weight is 421 g/mol. The monoisotopic (exact) mass is 420 g/mol. The molecule has 1 unspecified atom stereocenters. The molecule has 2 aromatic rings. The van der Waals surface area contributed by atoms with Crippen LogP contribution in [-0.4, -0.2) is 7.11 Å². The molecule has 4 heteroatoms. The first-order valence-corrected chi connectivity index (χ1v) is 7.34. The van der Waals surface area contributed by atoms with Crippen LogP contribution in [0.15, 0.2) is 42.5 Å². The molecule has 1 atom stereocenters. The van der Waals surface area contributed by atoms with Gasteiger partial charge in [0.2, 0.25) is 0 Å². The highest BCUT2D eigenvalue weighted by Gasteiger charge is 2.16. The summed E-state index contributed by atoms with van der Waals surface area (Å²) in [6.45, 7) is 0. The fourth-order valence-electron chi connectivity index (χ4n) is 1.71. The summed E-state index contributed by atoms with van der Waals surface area (Å²) >= 11 is 5.85. The average Bonchev–Trinajstić information content (AvgIpc) is 2.39. The van der Waals surface area contributed by atoms with Crippen molar-refractivity contribution in [2.75, 3.05) is 7.11 Å². The Labute approximate surface area is 128 Å². The lowest BCUT2D eigenvalue weighted by atomic mass is 10.0. The van der Waals surface area contributed by atoms with Crippen molar-refractivity contribution in [1.82, 2.24) is 0 Å². The molecular weight excluding hydrogens is 410 g/mol. The van der Waals surface area contributed by atoms with Gasteiger partial charge < -0.3 is 4.74 Å². The first-order valence-electron chi connectivity index (χ1n) is 5.35. The summed E-state index contributed by atoms with van der Waals surface area (Å²) in [5, 5.41) is 0. The van der Waals surface area contributed by atoms with Crippen LogP contribution in [0.25, 0.3) is 0 Å². The van der Waals surface area contributed by atoms with Gasteiger partial charge in [0.15, 0.2) is 0 Å². The van der Waals surface area contributed by atoms with Gasteiger partial charge >= 0.3 is 0 Å². The molecule has 94 valence electrons. The molecule has 0 N–H and O–H groups in total. The van der Waals surface area contributed by atoms with E-state index >= 15 is 0 Å². The Balaban J connectivity index is 2.41. The Morgan fingerprint density at radius 3 is 2.44 bits per heavy atom. The normalized spacial score (nSPS) is 12.2. The van der Waals surface area contributed by atoms with Crippen molar-refractivity contribution in [1.29, 1.82) is 0 Å². The predicted octanol–water partition coefficient (Wildman–Crippen LogP) is 4.92. The molecule has 0 saturated carbocycles. The van der Waals surface area contributed by atoms with Crippen molar-refractivity contribution in [2.24, 2.45) is 0 Å². The molecule has 0 heterocycles. The van der Waals surface area contributed by atoms with E-state index in [1.165, 1.54) is 15.7 Å². The molecule has 0 aromatic heterocycles. The van der Waals surface area contributed by atoms with E-state index in [4.69, 9.17) is 4.74 Å². The van der Waals surface area contributed by atoms with Crippen LogP contribution in [0.5, 0.6) is 5.75 Å². The summed E-state index contributed by atoms with van der Waals surface area (Å²) in [7, 11) is 1.59. The van der Waals surface area contributed by atoms with Crippen molar-refractivity contribution in [3.8, 4) is 5.75 Å². The SMILES string of the molecule is COc1ccc(F)cc1C(Br)c1ccc(I)cc1. The molecular formula is C14H11BrFIO. The van der Waals surface area contributed by atoms with Crippen LogP contribution in [0.4, 0.5) is 4.39 Å². The number of ether oxygens (including phenoxy) is 1. The molecule has 0 aliphatic carbocycles. The largest absolute Gasteiger partial charge is 0.496 e. The number of hydrogen-bond donors (Lipinski definition) is 0. The quantitative estimate of drug-likeness (QED) is 0.505. The Kier molecular flexibility index (Phi) is 4.61. The summed E-state index contributed by atoms with van der Waals surface area (Å²) in [6.07, 6.45) is 0. The zero-order valence-electron chi connectivity index (χ0n) is 9.66. The molecule has 0 fully saturated rings. The van der Waals surface area contributed by atoms with E-state index in [0.717, 1.165) is 11.1 Å². The van der Waals surface area contributed by atoms with Crippen LogP contribution in [0, 0.1) is 9.39 Å². The summed E-state index contributed by atoms with van der Waals surface area (Å²) in [6, 6.07) is 12.6. The molecule has 0 spiro atoms. The first kappa shape index (κ1) is 13.8. The Bertz CT molecular complexity index is 542. The van der Waals surface area contributed by atoms with Crippen LogP contribution in [0.2, 0.25) is 0 Å². The van der Waals surface area contributed by atoms with E-state index in [1.807, 2.05) is 24.3 Å². The molecule has 1 nitrogen and oxygen atoms in total. The summed E-state index contributed by atoms with van der Waals surface area (Å²) in [4.78, 5) is -0.0832. The molecule has 0 bridgehead atoms. The Morgan fingerprint density at radius 2 is 1.83 bits per heavy atom. The van der Waals surface area contributed by atoms with Crippen molar-refractivity contribution in [3.05, 3.63) is 63.0 Å². The highest BCUT2D eigenvalue weighted by molar-refractivity contribution is 14.1. The first-order chi connectivity index (χ1) is 8.61. The second-order valence-electron chi connectivity index (χ2n) is 3.80. The van der Waals surface area contributed by atoms with E-state index in [-0.39, 0.29) is 10.6 Å². The van der Waals surface area contributed by atoms with Gasteiger partial charge in [0.1, 0.15) is 11.6 Å². The maximum atomic E-state index is 13.3. The van der Waals surface area contributed by atoms with Gasteiger partial charge in [0.05, 0.1) is 11.9 Å². The zero-order valence-corrected chi connectivity index (χ0v) is 13.4. The van der Waals surface area contributed by atoms with E-state index in [1.54, 1.807) is 13.2 Å². The molecule has 18 heavy (non-hydrogen) atoms. The molecule has 2 aromatic carbocycles. The van der Waals surface area contributed by atoms with Crippen molar-refractivity contribution >= 4 is 38.5 Å². The smallest absolute Gasteiger partial charge is 0.123 e. The fourth-order valence-corrected chi connectivity index (χ4v) is 2.74.